The van der Waals surface area contributed by atoms with E-state index in [1.54, 1.807) is 9.58 Å². The number of carbonyl (C=O) groups excluding carboxylic acids is 1. The highest BCUT2D eigenvalue weighted by Crippen LogP contribution is 2.29. The molecule has 2 heterocycles. The second-order valence-corrected chi connectivity index (χ2v) is 7.44. The molecule has 3 rings (SSSR count). The molecule has 1 aliphatic heterocycles. The summed E-state index contributed by atoms with van der Waals surface area (Å²) in [6.45, 7) is 9.40. The molecule has 2 aromatic rings. The zero-order valence-electron chi connectivity index (χ0n) is 18.1. The number of ether oxygens (including phenoxy) is 2. The largest absolute Gasteiger partial charge is 0.490 e. The SMILES string of the molecule is CCOc1ccc(CCN2C(=O)/C(=C\c3c(C)nn(C)c3C)NC2=S)cc1OCC. The van der Waals surface area contributed by atoms with Crippen molar-refractivity contribution in [3.05, 3.63) is 46.4 Å². The lowest BCUT2D eigenvalue weighted by molar-refractivity contribution is -0.122. The fourth-order valence-electron chi connectivity index (χ4n) is 3.41. The Hall–Kier alpha value is -2.87. The molecule has 0 spiro atoms. The van der Waals surface area contributed by atoms with Crippen LogP contribution in [0.2, 0.25) is 0 Å². The third-order valence-corrected chi connectivity index (χ3v) is 5.37. The summed E-state index contributed by atoms with van der Waals surface area (Å²) in [6.07, 6.45) is 2.48. The van der Waals surface area contributed by atoms with Gasteiger partial charge in [-0.25, -0.2) is 0 Å². The summed E-state index contributed by atoms with van der Waals surface area (Å²) in [4.78, 5) is 14.5. The van der Waals surface area contributed by atoms with E-state index in [1.165, 1.54) is 0 Å². The summed E-state index contributed by atoms with van der Waals surface area (Å²) >= 11 is 5.41. The molecule has 8 heteroatoms. The minimum absolute atomic E-state index is 0.126. The number of carbonyl (C=O) groups is 1. The monoisotopic (exact) mass is 428 g/mol. The molecule has 1 N–H and O–H groups in total. The quantitative estimate of drug-likeness (QED) is 0.515. The Labute approximate surface area is 182 Å². The molecule has 7 nitrogen and oxygen atoms in total. The first-order valence-corrected chi connectivity index (χ1v) is 10.5. The van der Waals surface area contributed by atoms with Crippen molar-refractivity contribution in [1.29, 1.82) is 0 Å². The number of amides is 1. The van der Waals surface area contributed by atoms with E-state index in [9.17, 15) is 4.79 Å². The summed E-state index contributed by atoms with van der Waals surface area (Å²) < 4.78 is 13.1. The summed E-state index contributed by atoms with van der Waals surface area (Å²) in [7, 11) is 1.89. The van der Waals surface area contributed by atoms with Crippen molar-refractivity contribution in [3.63, 3.8) is 0 Å². The highest BCUT2D eigenvalue weighted by molar-refractivity contribution is 7.80. The third kappa shape index (κ3) is 4.48. The van der Waals surface area contributed by atoms with Crippen LogP contribution in [0.5, 0.6) is 11.5 Å². The molecule has 1 saturated heterocycles. The molecule has 0 bridgehead atoms. The fourth-order valence-corrected chi connectivity index (χ4v) is 3.69. The van der Waals surface area contributed by atoms with Gasteiger partial charge in [-0.05, 0) is 70.1 Å². The maximum Gasteiger partial charge on any atom is 0.276 e. The Morgan fingerprint density at radius 1 is 1.17 bits per heavy atom. The summed E-state index contributed by atoms with van der Waals surface area (Å²) in [5.74, 6) is 1.32. The lowest BCUT2D eigenvalue weighted by Crippen LogP contribution is -2.32. The second-order valence-electron chi connectivity index (χ2n) is 7.05. The van der Waals surface area contributed by atoms with Crippen LogP contribution in [0.3, 0.4) is 0 Å². The van der Waals surface area contributed by atoms with Gasteiger partial charge in [-0.2, -0.15) is 5.10 Å². The van der Waals surface area contributed by atoms with E-state index < -0.39 is 0 Å². The number of hydrogen-bond acceptors (Lipinski definition) is 5. The number of benzene rings is 1. The van der Waals surface area contributed by atoms with Crippen LogP contribution in [0, 0.1) is 13.8 Å². The molecule has 0 atom stereocenters. The zero-order chi connectivity index (χ0) is 21.8. The molecule has 0 aliphatic carbocycles. The predicted molar refractivity (Wildman–Crippen MR) is 121 cm³/mol. The standard InChI is InChI=1S/C22H28N4O3S/c1-6-28-19-9-8-16(12-20(19)29-7-2)10-11-26-21(27)18(23-22(26)30)13-17-14(3)24-25(5)15(17)4/h8-9,12-13H,6-7,10-11H2,1-5H3,(H,23,30)/b18-13+. The highest BCUT2D eigenvalue weighted by atomic mass is 32.1. The normalized spacial score (nSPS) is 15.1. The first-order valence-electron chi connectivity index (χ1n) is 10.1. The molecular formula is C22H28N4O3S. The number of aromatic nitrogens is 2. The van der Waals surface area contributed by atoms with Crippen molar-refractivity contribution in [2.75, 3.05) is 19.8 Å². The molecule has 1 amide bonds. The van der Waals surface area contributed by atoms with Gasteiger partial charge >= 0.3 is 0 Å². The molecule has 1 aromatic heterocycles. The van der Waals surface area contributed by atoms with Crippen LogP contribution >= 0.6 is 12.2 Å². The van der Waals surface area contributed by atoms with Crippen LogP contribution in [0.25, 0.3) is 6.08 Å². The number of hydrogen-bond donors (Lipinski definition) is 1. The average molecular weight is 429 g/mol. The fraction of sp³-hybridized carbons (Fsp3) is 0.409. The summed E-state index contributed by atoms with van der Waals surface area (Å²) in [5, 5.41) is 7.86. The van der Waals surface area contributed by atoms with Gasteiger partial charge in [0.2, 0.25) is 0 Å². The zero-order valence-corrected chi connectivity index (χ0v) is 18.9. The number of nitrogens with zero attached hydrogens (tertiary/aromatic N) is 3. The highest BCUT2D eigenvalue weighted by Gasteiger charge is 2.30. The number of thiocarbonyl (C=S) groups is 1. The minimum atomic E-state index is -0.126. The lowest BCUT2D eigenvalue weighted by Gasteiger charge is -2.15. The van der Waals surface area contributed by atoms with E-state index in [1.807, 2.05) is 59.0 Å². The Balaban J connectivity index is 1.73. The molecular weight excluding hydrogens is 400 g/mol. The van der Waals surface area contributed by atoms with Crippen molar-refractivity contribution in [2.45, 2.75) is 34.1 Å². The Bertz CT molecular complexity index is 997. The lowest BCUT2D eigenvalue weighted by atomic mass is 10.1. The summed E-state index contributed by atoms with van der Waals surface area (Å²) in [5.41, 5.74) is 4.33. The number of rotatable bonds is 8. The van der Waals surface area contributed by atoms with Crippen LogP contribution in [0.4, 0.5) is 0 Å². The van der Waals surface area contributed by atoms with Crippen LogP contribution in [0.15, 0.2) is 23.9 Å². The third-order valence-electron chi connectivity index (χ3n) is 5.05. The maximum absolute atomic E-state index is 12.9. The van der Waals surface area contributed by atoms with Gasteiger partial charge < -0.3 is 14.8 Å². The van der Waals surface area contributed by atoms with E-state index in [4.69, 9.17) is 21.7 Å². The molecule has 160 valence electrons. The molecule has 1 aromatic carbocycles. The molecule has 0 saturated carbocycles. The Kier molecular flexibility index (Phi) is 6.77. The van der Waals surface area contributed by atoms with Crippen molar-refractivity contribution < 1.29 is 14.3 Å². The predicted octanol–water partition coefficient (Wildman–Crippen LogP) is 3.13. The van der Waals surface area contributed by atoms with Gasteiger partial charge in [-0.3, -0.25) is 14.4 Å². The average Bonchev–Trinajstić information content (AvgIpc) is 3.11. The van der Waals surface area contributed by atoms with Crippen molar-refractivity contribution >= 4 is 29.3 Å². The van der Waals surface area contributed by atoms with E-state index in [-0.39, 0.29) is 5.91 Å². The molecule has 1 aliphatic rings. The molecule has 30 heavy (non-hydrogen) atoms. The van der Waals surface area contributed by atoms with Gasteiger partial charge in [0.1, 0.15) is 5.70 Å². The van der Waals surface area contributed by atoms with E-state index in [2.05, 4.69) is 10.4 Å². The Morgan fingerprint density at radius 3 is 2.50 bits per heavy atom. The maximum atomic E-state index is 12.9. The van der Waals surface area contributed by atoms with Gasteiger partial charge in [0.25, 0.3) is 5.91 Å². The van der Waals surface area contributed by atoms with E-state index in [0.717, 1.165) is 28.3 Å². The first kappa shape index (κ1) is 21.8. The van der Waals surface area contributed by atoms with Gasteiger partial charge in [-0.1, -0.05) is 6.07 Å². The topological polar surface area (TPSA) is 68.6 Å². The van der Waals surface area contributed by atoms with Crippen LogP contribution in [-0.2, 0) is 18.3 Å². The second kappa shape index (κ2) is 9.30. The summed E-state index contributed by atoms with van der Waals surface area (Å²) in [6, 6.07) is 5.86. The van der Waals surface area contributed by atoms with Crippen molar-refractivity contribution in [3.8, 4) is 11.5 Å². The van der Waals surface area contributed by atoms with Crippen LogP contribution < -0.4 is 14.8 Å². The van der Waals surface area contributed by atoms with Crippen LogP contribution in [0.1, 0.15) is 36.4 Å². The first-order chi connectivity index (χ1) is 14.3. The van der Waals surface area contributed by atoms with E-state index in [0.29, 0.717) is 42.7 Å². The molecule has 0 unspecified atom stereocenters. The van der Waals surface area contributed by atoms with Crippen LogP contribution in [-0.4, -0.2) is 45.5 Å². The van der Waals surface area contributed by atoms with Gasteiger partial charge in [0.15, 0.2) is 16.6 Å². The smallest absolute Gasteiger partial charge is 0.276 e. The van der Waals surface area contributed by atoms with Gasteiger partial charge in [-0.15, -0.1) is 0 Å². The van der Waals surface area contributed by atoms with Gasteiger partial charge in [0.05, 0.1) is 18.9 Å². The number of aryl methyl sites for hydroxylation is 2. The minimum Gasteiger partial charge on any atom is -0.490 e. The van der Waals surface area contributed by atoms with E-state index >= 15 is 0 Å². The van der Waals surface area contributed by atoms with Crippen molar-refractivity contribution in [1.82, 2.24) is 20.0 Å². The Morgan fingerprint density at radius 2 is 1.87 bits per heavy atom. The molecule has 1 fully saturated rings. The number of nitrogens with one attached hydrogen (secondary N) is 1. The van der Waals surface area contributed by atoms with Gasteiger partial charge in [0, 0.05) is 24.8 Å². The van der Waals surface area contributed by atoms with Crippen molar-refractivity contribution in [2.24, 2.45) is 7.05 Å². The molecule has 0 radical (unpaired) electrons.